The molecule has 1 amide bonds. The normalized spacial score (nSPS) is 12.0. The number of ether oxygens (including phenoxy) is 1. The van der Waals surface area contributed by atoms with Crippen LogP contribution in [-0.4, -0.2) is 39.5 Å². The largest absolute Gasteiger partial charge is 0.506 e. The van der Waals surface area contributed by atoms with Crippen LogP contribution in [-0.2, 0) is 0 Å². The SMILES string of the molecule is O=C(N[C@@H](CO)c1nc(-c2ccc(OC(F)F)cc2)no1)c1ccc(O)c(Cl)c1. The zero-order valence-corrected chi connectivity index (χ0v) is 15.3. The van der Waals surface area contributed by atoms with E-state index in [-0.39, 0.29) is 33.8 Å². The van der Waals surface area contributed by atoms with Crippen molar-refractivity contribution in [3.63, 3.8) is 0 Å². The fourth-order valence-electron chi connectivity index (χ4n) is 2.35. The average Bonchev–Trinajstić information content (AvgIpc) is 3.18. The van der Waals surface area contributed by atoms with Crippen LogP contribution in [0.4, 0.5) is 8.78 Å². The summed E-state index contributed by atoms with van der Waals surface area (Å²) in [5, 5.41) is 25.3. The quantitative estimate of drug-likeness (QED) is 0.532. The van der Waals surface area contributed by atoms with Gasteiger partial charge in [0.1, 0.15) is 17.5 Å². The van der Waals surface area contributed by atoms with E-state index in [0.29, 0.717) is 5.56 Å². The van der Waals surface area contributed by atoms with E-state index in [4.69, 9.17) is 16.1 Å². The van der Waals surface area contributed by atoms with Crippen LogP contribution in [0.3, 0.4) is 0 Å². The molecule has 0 bridgehead atoms. The number of nitrogens with zero attached hydrogens (tertiary/aromatic N) is 2. The minimum Gasteiger partial charge on any atom is -0.506 e. The van der Waals surface area contributed by atoms with Crippen LogP contribution >= 0.6 is 11.6 Å². The summed E-state index contributed by atoms with van der Waals surface area (Å²) in [6, 6.07) is 8.43. The van der Waals surface area contributed by atoms with Crippen molar-refractivity contribution in [2.24, 2.45) is 0 Å². The van der Waals surface area contributed by atoms with Gasteiger partial charge in [-0.05, 0) is 42.5 Å². The molecule has 3 N–H and O–H groups in total. The lowest BCUT2D eigenvalue weighted by Gasteiger charge is -2.12. The molecule has 8 nitrogen and oxygen atoms in total. The number of hydrogen-bond donors (Lipinski definition) is 3. The molecule has 3 rings (SSSR count). The molecule has 0 saturated carbocycles. The molecule has 0 radical (unpaired) electrons. The van der Waals surface area contributed by atoms with Crippen molar-refractivity contribution < 1.29 is 33.0 Å². The van der Waals surface area contributed by atoms with E-state index in [1.807, 2.05) is 0 Å². The van der Waals surface area contributed by atoms with Gasteiger partial charge in [0.2, 0.25) is 5.82 Å². The Hall–Kier alpha value is -3.24. The summed E-state index contributed by atoms with van der Waals surface area (Å²) in [6.45, 7) is -3.46. The second-order valence-electron chi connectivity index (χ2n) is 5.73. The number of rotatable bonds is 7. The van der Waals surface area contributed by atoms with Gasteiger partial charge in [-0.25, -0.2) is 0 Å². The summed E-state index contributed by atoms with van der Waals surface area (Å²) in [4.78, 5) is 16.4. The van der Waals surface area contributed by atoms with Gasteiger partial charge >= 0.3 is 6.61 Å². The Bertz CT molecular complexity index is 997. The van der Waals surface area contributed by atoms with Crippen LogP contribution in [0.25, 0.3) is 11.4 Å². The number of amides is 1. The first-order chi connectivity index (χ1) is 13.9. The maximum atomic E-state index is 12.3. The molecule has 1 aromatic heterocycles. The highest BCUT2D eigenvalue weighted by atomic mass is 35.5. The minimum atomic E-state index is -2.94. The highest BCUT2D eigenvalue weighted by molar-refractivity contribution is 6.32. The summed E-state index contributed by atoms with van der Waals surface area (Å²) in [5.74, 6) is -0.717. The number of aromatic hydroxyl groups is 1. The maximum absolute atomic E-state index is 12.3. The van der Waals surface area contributed by atoms with Crippen molar-refractivity contribution in [3.8, 4) is 22.9 Å². The summed E-state index contributed by atoms with van der Waals surface area (Å²) in [7, 11) is 0. The number of alkyl halides is 2. The predicted octanol–water partition coefficient (Wildman–Crippen LogP) is 3.16. The third-order valence-electron chi connectivity index (χ3n) is 3.78. The molecule has 0 aliphatic heterocycles. The zero-order chi connectivity index (χ0) is 21.0. The third kappa shape index (κ3) is 4.98. The molecule has 3 aromatic rings. The molecule has 1 atom stereocenters. The lowest BCUT2D eigenvalue weighted by atomic mass is 10.2. The Morgan fingerprint density at radius 3 is 2.59 bits per heavy atom. The standard InChI is InChI=1S/C18H14ClF2N3O5/c19-12-7-10(3-6-14(12)26)16(27)22-13(8-25)17-23-15(24-29-17)9-1-4-11(5-2-9)28-18(20)21/h1-7,13,18,25-26H,8H2,(H,22,27)/t13-/m0/s1. The van der Waals surface area contributed by atoms with Crippen molar-refractivity contribution in [1.82, 2.24) is 15.5 Å². The number of aliphatic hydroxyl groups excluding tert-OH is 1. The molecule has 0 aliphatic rings. The van der Waals surface area contributed by atoms with E-state index in [1.54, 1.807) is 0 Å². The predicted molar refractivity (Wildman–Crippen MR) is 96.8 cm³/mol. The molecule has 0 unspecified atom stereocenters. The number of aromatic nitrogens is 2. The van der Waals surface area contributed by atoms with Gasteiger partial charge in [0.15, 0.2) is 0 Å². The van der Waals surface area contributed by atoms with Gasteiger partial charge < -0.3 is 24.8 Å². The molecular formula is C18H14ClF2N3O5. The molecule has 0 fully saturated rings. The van der Waals surface area contributed by atoms with E-state index < -0.39 is 25.2 Å². The first-order valence-corrected chi connectivity index (χ1v) is 8.54. The second kappa shape index (κ2) is 8.84. The Morgan fingerprint density at radius 1 is 1.24 bits per heavy atom. The molecular weight excluding hydrogens is 412 g/mol. The molecule has 11 heteroatoms. The van der Waals surface area contributed by atoms with E-state index in [9.17, 15) is 23.8 Å². The van der Waals surface area contributed by atoms with Crippen molar-refractivity contribution in [3.05, 3.63) is 58.9 Å². The van der Waals surface area contributed by atoms with Gasteiger partial charge in [0.25, 0.3) is 11.8 Å². The number of hydrogen-bond acceptors (Lipinski definition) is 7. The van der Waals surface area contributed by atoms with Gasteiger partial charge in [-0.1, -0.05) is 16.8 Å². The summed E-state index contributed by atoms with van der Waals surface area (Å²) < 4.78 is 33.8. The zero-order valence-electron chi connectivity index (χ0n) is 14.6. The number of nitrogens with one attached hydrogen (secondary N) is 1. The van der Waals surface area contributed by atoms with E-state index >= 15 is 0 Å². The van der Waals surface area contributed by atoms with Crippen molar-refractivity contribution >= 4 is 17.5 Å². The average molecular weight is 426 g/mol. The number of aliphatic hydroxyl groups is 1. The summed E-state index contributed by atoms with van der Waals surface area (Å²) >= 11 is 5.78. The summed E-state index contributed by atoms with van der Waals surface area (Å²) in [5.41, 5.74) is 0.607. The Labute approximate surface area is 167 Å². The van der Waals surface area contributed by atoms with Crippen LogP contribution in [0.2, 0.25) is 5.02 Å². The second-order valence-corrected chi connectivity index (χ2v) is 6.14. The molecule has 0 saturated heterocycles. The number of carbonyl (C=O) groups is 1. The van der Waals surface area contributed by atoms with Gasteiger partial charge in [-0.15, -0.1) is 0 Å². The van der Waals surface area contributed by atoms with Crippen LogP contribution in [0.15, 0.2) is 47.0 Å². The van der Waals surface area contributed by atoms with Crippen LogP contribution in [0.5, 0.6) is 11.5 Å². The first kappa shape index (κ1) is 20.5. The van der Waals surface area contributed by atoms with Crippen LogP contribution in [0, 0.1) is 0 Å². The molecule has 29 heavy (non-hydrogen) atoms. The van der Waals surface area contributed by atoms with Gasteiger partial charge in [-0.3, -0.25) is 4.79 Å². The van der Waals surface area contributed by atoms with Crippen molar-refractivity contribution in [2.75, 3.05) is 6.61 Å². The van der Waals surface area contributed by atoms with Crippen molar-refractivity contribution in [2.45, 2.75) is 12.7 Å². The number of phenolic OH excluding ortho intramolecular Hbond substituents is 1. The molecule has 0 aliphatic carbocycles. The third-order valence-corrected chi connectivity index (χ3v) is 4.08. The Kier molecular flexibility index (Phi) is 6.25. The maximum Gasteiger partial charge on any atom is 0.387 e. The minimum absolute atomic E-state index is 0.00227. The lowest BCUT2D eigenvalue weighted by molar-refractivity contribution is -0.0498. The molecule has 0 spiro atoms. The smallest absolute Gasteiger partial charge is 0.387 e. The highest BCUT2D eigenvalue weighted by Crippen LogP contribution is 2.25. The Balaban J connectivity index is 1.73. The number of benzene rings is 2. The van der Waals surface area contributed by atoms with E-state index in [1.165, 1.54) is 42.5 Å². The number of phenols is 1. The molecule has 2 aromatic carbocycles. The highest BCUT2D eigenvalue weighted by Gasteiger charge is 2.22. The van der Waals surface area contributed by atoms with Gasteiger partial charge in [-0.2, -0.15) is 13.8 Å². The first-order valence-electron chi connectivity index (χ1n) is 8.16. The number of halogens is 3. The van der Waals surface area contributed by atoms with Gasteiger partial charge in [0, 0.05) is 11.1 Å². The van der Waals surface area contributed by atoms with Crippen molar-refractivity contribution in [1.29, 1.82) is 0 Å². The van der Waals surface area contributed by atoms with E-state index in [0.717, 1.165) is 0 Å². The summed E-state index contributed by atoms with van der Waals surface area (Å²) in [6.07, 6.45) is 0. The van der Waals surface area contributed by atoms with Gasteiger partial charge in [0.05, 0.1) is 11.6 Å². The Morgan fingerprint density at radius 2 is 1.97 bits per heavy atom. The number of carbonyl (C=O) groups excluding carboxylic acids is 1. The lowest BCUT2D eigenvalue weighted by Crippen LogP contribution is -2.31. The van der Waals surface area contributed by atoms with Crippen LogP contribution < -0.4 is 10.1 Å². The topological polar surface area (TPSA) is 118 Å². The van der Waals surface area contributed by atoms with Crippen LogP contribution in [0.1, 0.15) is 22.3 Å². The monoisotopic (exact) mass is 425 g/mol. The fraction of sp³-hybridized carbons (Fsp3) is 0.167. The molecule has 1 heterocycles. The van der Waals surface area contributed by atoms with E-state index in [2.05, 4.69) is 20.2 Å². The molecule has 152 valence electrons. The fourth-order valence-corrected chi connectivity index (χ4v) is 2.54.